The van der Waals surface area contributed by atoms with Crippen LogP contribution in [-0.4, -0.2) is 37.3 Å². The molecule has 0 spiro atoms. The van der Waals surface area contributed by atoms with E-state index < -0.39 is 6.10 Å². The van der Waals surface area contributed by atoms with Gasteiger partial charge in [-0.2, -0.15) is 0 Å². The van der Waals surface area contributed by atoms with Crippen molar-refractivity contribution in [1.82, 2.24) is 10.6 Å². The molecule has 6 heteroatoms. The van der Waals surface area contributed by atoms with Crippen LogP contribution in [0.2, 0.25) is 0 Å². The van der Waals surface area contributed by atoms with Gasteiger partial charge in [-0.25, -0.2) is 0 Å². The van der Waals surface area contributed by atoms with Crippen LogP contribution in [0.15, 0.2) is 29.3 Å². The van der Waals surface area contributed by atoms with Crippen molar-refractivity contribution in [2.45, 2.75) is 32.4 Å². The van der Waals surface area contributed by atoms with E-state index in [9.17, 15) is 5.11 Å². The second-order valence-electron chi connectivity index (χ2n) is 5.48. The summed E-state index contributed by atoms with van der Waals surface area (Å²) >= 11 is 0. The molecule has 0 saturated heterocycles. The third-order valence-corrected chi connectivity index (χ3v) is 3.68. The fourth-order valence-electron chi connectivity index (χ4n) is 2.15. The number of hydrogen-bond acceptors (Lipinski definition) is 3. The first kappa shape index (κ1) is 19.0. The quantitative estimate of drug-likeness (QED) is 0.376. The van der Waals surface area contributed by atoms with Crippen LogP contribution in [0.1, 0.15) is 31.9 Å². The molecule has 1 saturated carbocycles. The molecule has 0 amide bonds. The number of nitrogens with zero attached hydrogens (tertiary/aromatic N) is 1. The van der Waals surface area contributed by atoms with Gasteiger partial charge in [0.2, 0.25) is 0 Å². The van der Waals surface area contributed by atoms with Crippen LogP contribution in [0.25, 0.3) is 0 Å². The van der Waals surface area contributed by atoms with E-state index in [4.69, 9.17) is 4.74 Å². The van der Waals surface area contributed by atoms with Crippen molar-refractivity contribution in [3.63, 3.8) is 0 Å². The Morgan fingerprint density at radius 3 is 2.82 bits per heavy atom. The molecule has 5 nitrogen and oxygen atoms in total. The summed E-state index contributed by atoms with van der Waals surface area (Å²) in [4.78, 5) is 4.46. The van der Waals surface area contributed by atoms with Gasteiger partial charge in [0.05, 0.1) is 19.8 Å². The average molecular weight is 419 g/mol. The molecule has 0 heterocycles. The van der Waals surface area contributed by atoms with Gasteiger partial charge in [-0.1, -0.05) is 19.1 Å². The predicted molar refractivity (Wildman–Crippen MR) is 100 cm³/mol. The Morgan fingerprint density at radius 1 is 1.50 bits per heavy atom. The molecule has 1 fully saturated rings. The number of benzene rings is 1. The lowest BCUT2D eigenvalue weighted by atomic mass is 10.1. The summed E-state index contributed by atoms with van der Waals surface area (Å²) in [5.74, 6) is 2.22. The Bertz CT molecular complexity index is 496. The molecular formula is C16H26IN3O2. The monoisotopic (exact) mass is 419 g/mol. The van der Waals surface area contributed by atoms with Crippen molar-refractivity contribution in [1.29, 1.82) is 0 Å². The van der Waals surface area contributed by atoms with Crippen LogP contribution in [0, 0.1) is 5.92 Å². The lowest BCUT2D eigenvalue weighted by Crippen LogP contribution is -2.39. The van der Waals surface area contributed by atoms with Crippen molar-refractivity contribution in [2.24, 2.45) is 10.9 Å². The number of methoxy groups -OCH3 is 1. The van der Waals surface area contributed by atoms with Crippen LogP contribution in [-0.2, 0) is 0 Å². The zero-order chi connectivity index (χ0) is 15.2. The van der Waals surface area contributed by atoms with Crippen LogP contribution in [0.4, 0.5) is 0 Å². The summed E-state index contributed by atoms with van der Waals surface area (Å²) in [6.45, 7) is 5.38. The highest BCUT2D eigenvalue weighted by molar-refractivity contribution is 14.0. The third-order valence-electron chi connectivity index (χ3n) is 3.68. The van der Waals surface area contributed by atoms with Crippen molar-refractivity contribution in [3.05, 3.63) is 29.8 Å². The first-order chi connectivity index (χ1) is 10.1. The first-order valence-corrected chi connectivity index (χ1v) is 7.51. The number of halogens is 1. The predicted octanol–water partition coefficient (Wildman–Crippen LogP) is 2.31. The van der Waals surface area contributed by atoms with E-state index in [-0.39, 0.29) is 24.0 Å². The highest BCUT2D eigenvalue weighted by Gasteiger charge is 2.33. The summed E-state index contributed by atoms with van der Waals surface area (Å²) in [5.41, 5.74) is 0.814. The second kappa shape index (κ2) is 9.19. The lowest BCUT2D eigenvalue weighted by Gasteiger charge is -2.13. The van der Waals surface area contributed by atoms with E-state index in [1.807, 2.05) is 31.2 Å². The van der Waals surface area contributed by atoms with Gasteiger partial charge in [0.15, 0.2) is 5.96 Å². The smallest absolute Gasteiger partial charge is 0.191 e. The molecule has 3 atom stereocenters. The first-order valence-electron chi connectivity index (χ1n) is 7.51. The molecule has 0 aromatic heterocycles. The lowest BCUT2D eigenvalue weighted by molar-refractivity contribution is 0.186. The number of aliphatic hydroxyl groups is 1. The Labute approximate surface area is 149 Å². The number of aliphatic hydroxyl groups excluding tert-OH is 1. The molecule has 22 heavy (non-hydrogen) atoms. The molecule has 1 aromatic rings. The van der Waals surface area contributed by atoms with E-state index in [1.54, 1.807) is 7.11 Å². The molecule has 0 bridgehead atoms. The molecule has 124 valence electrons. The van der Waals surface area contributed by atoms with Crippen molar-refractivity contribution in [2.75, 3.05) is 20.2 Å². The van der Waals surface area contributed by atoms with E-state index in [1.165, 1.54) is 6.42 Å². The Morgan fingerprint density at radius 2 is 2.23 bits per heavy atom. The summed E-state index contributed by atoms with van der Waals surface area (Å²) in [6.07, 6.45) is 0.551. The van der Waals surface area contributed by atoms with Crippen LogP contribution < -0.4 is 15.4 Å². The number of aliphatic imine (C=N–C) groups is 1. The zero-order valence-electron chi connectivity index (χ0n) is 13.4. The van der Waals surface area contributed by atoms with Gasteiger partial charge in [-0.05, 0) is 37.0 Å². The fourth-order valence-corrected chi connectivity index (χ4v) is 2.15. The number of hydrogen-bond donors (Lipinski definition) is 3. The Kier molecular flexibility index (Phi) is 7.95. The van der Waals surface area contributed by atoms with E-state index >= 15 is 0 Å². The summed E-state index contributed by atoms with van der Waals surface area (Å²) in [7, 11) is 1.62. The highest BCUT2D eigenvalue weighted by Crippen LogP contribution is 2.28. The van der Waals surface area contributed by atoms with Gasteiger partial charge in [-0.15, -0.1) is 24.0 Å². The molecule has 0 radical (unpaired) electrons. The van der Waals surface area contributed by atoms with Gasteiger partial charge < -0.3 is 20.5 Å². The van der Waals surface area contributed by atoms with Crippen LogP contribution in [0.3, 0.4) is 0 Å². The van der Waals surface area contributed by atoms with E-state index in [0.29, 0.717) is 18.5 Å². The summed E-state index contributed by atoms with van der Waals surface area (Å²) < 4.78 is 5.17. The Hall–Kier alpha value is -1.02. The van der Waals surface area contributed by atoms with E-state index in [0.717, 1.165) is 23.8 Å². The van der Waals surface area contributed by atoms with Crippen LogP contribution >= 0.6 is 24.0 Å². The summed E-state index contributed by atoms with van der Waals surface area (Å²) in [5, 5.41) is 16.8. The molecule has 3 N–H and O–H groups in total. The molecule has 1 aliphatic carbocycles. The SMILES string of the molecule is CCNC(=NCC(O)c1cccc(OC)c1)NC1CC1C.I. The summed E-state index contributed by atoms with van der Waals surface area (Å²) in [6, 6.07) is 7.96. The van der Waals surface area contributed by atoms with Crippen molar-refractivity contribution < 1.29 is 9.84 Å². The van der Waals surface area contributed by atoms with Crippen LogP contribution in [0.5, 0.6) is 5.75 Å². The standard InChI is InChI=1S/C16H25N3O2.HI/c1-4-17-16(19-14-8-11(14)2)18-10-15(20)12-6-5-7-13(9-12)21-3;/h5-7,9,11,14-15,20H,4,8,10H2,1-3H3,(H2,17,18,19);1H. The van der Waals surface area contributed by atoms with Gasteiger partial charge in [0, 0.05) is 12.6 Å². The second-order valence-corrected chi connectivity index (χ2v) is 5.48. The number of rotatable bonds is 6. The molecule has 3 unspecified atom stereocenters. The molecule has 0 aliphatic heterocycles. The van der Waals surface area contributed by atoms with Gasteiger partial charge in [0.25, 0.3) is 0 Å². The topological polar surface area (TPSA) is 65.9 Å². The maximum Gasteiger partial charge on any atom is 0.191 e. The zero-order valence-corrected chi connectivity index (χ0v) is 15.7. The number of ether oxygens (including phenoxy) is 1. The van der Waals surface area contributed by atoms with Crippen molar-refractivity contribution >= 4 is 29.9 Å². The fraction of sp³-hybridized carbons (Fsp3) is 0.562. The maximum atomic E-state index is 10.2. The largest absolute Gasteiger partial charge is 0.497 e. The normalized spacial score (nSPS) is 21.5. The number of guanidine groups is 1. The Balaban J connectivity index is 0.00000242. The van der Waals surface area contributed by atoms with Gasteiger partial charge in [-0.3, -0.25) is 4.99 Å². The minimum absolute atomic E-state index is 0. The third kappa shape index (κ3) is 5.64. The molecule has 2 rings (SSSR count). The number of nitrogens with one attached hydrogen (secondary N) is 2. The molecule has 1 aliphatic rings. The van der Waals surface area contributed by atoms with Gasteiger partial charge in [0.1, 0.15) is 5.75 Å². The van der Waals surface area contributed by atoms with E-state index in [2.05, 4.69) is 22.5 Å². The van der Waals surface area contributed by atoms with Crippen molar-refractivity contribution in [3.8, 4) is 5.75 Å². The molecule has 1 aromatic carbocycles. The maximum absolute atomic E-state index is 10.2. The minimum Gasteiger partial charge on any atom is -0.497 e. The minimum atomic E-state index is -0.632. The van der Waals surface area contributed by atoms with Gasteiger partial charge >= 0.3 is 0 Å². The highest BCUT2D eigenvalue weighted by atomic mass is 127. The average Bonchev–Trinajstić information content (AvgIpc) is 3.19. The molecular weight excluding hydrogens is 393 g/mol.